The number of para-hydroxylation sites is 1. The third-order valence-electron chi connectivity index (χ3n) is 15.3. The van der Waals surface area contributed by atoms with E-state index in [0.717, 1.165) is 48.4 Å². The maximum atomic E-state index is 2.59. The van der Waals surface area contributed by atoms with E-state index in [2.05, 4.69) is 255 Å². The van der Waals surface area contributed by atoms with Crippen molar-refractivity contribution in [3.05, 3.63) is 241 Å². The van der Waals surface area contributed by atoms with Gasteiger partial charge in [0, 0.05) is 33.5 Å². The summed E-state index contributed by atoms with van der Waals surface area (Å²) in [4.78, 5) is 5.02. The summed E-state index contributed by atoms with van der Waals surface area (Å²) in [7, 11) is 0. The van der Waals surface area contributed by atoms with E-state index in [0.29, 0.717) is 0 Å². The molecular formula is C73H74N2. The third kappa shape index (κ3) is 11.8. The minimum Gasteiger partial charge on any atom is -0.310 e. The number of benzene rings is 10. The topological polar surface area (TPSA) is 6.48 Å². The molecule has 0 bridgehead atoms. The largest absolute Gasteiger partial charge is 0.310 e. The molecule has 10 rings (SSSR count). The predicted octanol–water partition coefficient (Wildman–Crippen LogP) is 22.0. The zero-order valence-electron chi connectivity index (χ0n) is 44.7. The summed E-state index contributed by atoms with van der Waals surface area (Å²) in [6.07, 6.45) is 17.0. The van der Waals surface area contributed by atoms with Crippen LogP contribution in [0.1, 0.15) is 108 Å². The van der Waals surface area contributed by atoms with Crippen molar-refractivity contribution in [1.82, 2.24) is 0 Å². The van der Waals surface area contributed by atoms with E-state index < -0.39 is 0 Å². The fourth-order valence-corrected chi connectivity index (χ4v) is 11.4. The van der Waals surface area contributed by atoms with Crippen molar-refractivity contribution in [3.63, 3.8) is 0 Å². The molecule has 75 heavy (non-hydrogen) atoms. The lowest BCUT2D eigenvalue weighted by atomic mass is 9.83. The molecule has 0 atom stereocenters. The van der Waals surface area contributed by atoms with E-state index >= 15 is 0 Å². The van der Waals surface area contributed by atoms with Crippen molar-refractivity contribution in [2.75, 3.05) is 9.80 Å². The molecule has 2 heteroatoms. The van der Waals surface area contributed by atoms with Crippen LogP contribution in [0.5, 0.6) is 0 Å². The summed E-state index contributed by atoms with van der Waals surface area (Å²) in [6, 6.07) is 83.8. The van der Waals surface area contributed by atoms with Crippen LogP contribution in [0.25, 0.3) is 54.9 Å². The van der Waals surface area contributed by atoms with Gasteiger partial charge in [0.25, 0.3) is 0 Å². The first-order chi connectivity index (χ1) is 37.1. The standard InChI is InChI=1S/C73H74N2/c1-4-6-8-10-12-17-33-60-53-70(74(62-35-23-16-24-36-62)64-49-43-58(44-50-64)56-29-19-14-20-30-56)66-37-25-27-39-68(66)72(60)73-61(34-18-13-11-9-7-5-2)54-71(67-38-26-28-40-69(67)73)75(63-47-41-55(3)42-48-63)65-51-45-59(46-52-65)57-31-21-15-22-32-57/h14-16,19-32,35-54H,4-13,17-18,33-34H2,1-3H3. The normalized spacial score (nSPS) is 11.3. The Balaban J connectivity index is 1.20. The number of hydrogen-bond acceptors (Lipinski definition) is 2. The Kier molecular flexibility index (Phi) is 17.0. The first-order valence-electron chi connectivity index (χ1n) is 28.2. The Labute approximate surface area is 448 Å². The molecule has 376 valence electrons. The van der Waals surface area contributed by atoms with E-state index in [-0.39, 0.29) is 0 Å². The average Bonchev–Trinajstić information content (AvgIpc) is 3.47. The van der Waals surface area contributed by atoms with Gasteiger partial charge in [0.2, 0.25) is 0 Å². The molecule has 0 aliphatic rings. The van der Waals surface area contributed by atoms with Crippen molar-refractivity contribution in [2.45, 2.75) is 111 Å². The van der Waals surface area contributed by atoms with Gasteiger partial charge in [0.05, 0.1) is 11.4 Å². The number of nitrogens with zero attached hydrogens (tertiary/aromatic N) is 2. The van der Waals surface area contributed by atoms with Gasteiger partial charge in [-0.05, 0) is 149 Å². The van der Waals surface area contributed by atoms with Gasteiger partial charge in [-0.25, -0.2) is 0 Å². The van der Waals surface area contributed by atoms with Gasteiger partial charge >= 0.3 is 0 Å². The first-order valence-corrected chi connectivity index (χ1v) is 28.2. The van der Waals surface area contributed by atoms with Crippen LogP contribution in [-0.4, -0.2) is 0 Å². The molecule has 10 aromatic carbocycles. The lowest BCUT2D eigenvalue weighted by Crippen LogP contribution is -2.13. The van der Waals surface area contributed by atoms with Crippen LogP contribution in [0.15, 0.2) is 224 Å². The zero-order valence-corrected chi connectivity index (χ0v) is 44.7. The summed E-state index contributed by atoms with van der Waals surface area (Å²) in [6.45, 7) is 6.82. The molecule has 0 radical (unpaired) electrons. The summed E-state index contributed by atoms with van der Waals surface area (Å²) in [5, 5.41) is 5.14. The van der Waals surface area contributed by atoms with Crippen LogP contribution in [-0.2, 0) is 12.8 Å². The van der Waals surface area contributed by atoms with E-state index in [1.807, 2.05) is 0 Å². The van der Waals surface area contributed by atoms with E-state index in [4.69, 9.17) is 0 Å². The van der Waals surface area contributed by atoms with Gasteiger partial charge in [0.15, 0.2) is 0 Å². The molecule has 0 aliphatic carbocycles. The molecule has 0 aromatic heterocycles. The molecule has 0 N–H and O–H groups in total. The number of hydrogen-bond donors (Lipinski definition) is 0. The Morgan fingerprint density at radius 1 is 0.280 bits per heavy atom. The Hall–Kier alpha value is -7.68. The van der Waals surface area contributed by atoms with Crippen LogP contribution >= 0.6 is 0 Å². The van der Waals surface area contributed by atoms with Crippen LogP contribution in [0.4, 0.5) is 34.1 Å². The number of rotatable bonds is 23. The maximum Gasteiger partial charge on any atom is 0.0543 e. The molecule has 0 spiro atoms. The van der Waals surface area contributed by atoms with E-state index in [1.165, 1.54) is 147 Å². The van der Waals surface area contributed by atoms with Crippen molar-refractivity contribution >= 4 is 55.7 Å². The lowest BCUT2D eigenvalue weighted by molar-refractivity contribution is 0.607. The van der Waals surface area contributed by atoms with Gasteiger partial charge in [-0.15, -0.1) is 0 Å². The van der Waals surface area contributed by atoms with Crippen molar-refractivity contribution < 1.29 is 0 Å². The van der Waals surface area contributed by atoms with E-state index in [1.54, 1.807) is 0 Å². The van der Waals surface area contributed by atoms with Crippen molar-refractivity contribution in [3.8, 4) is 33.4 Å². The van der Waals surface area contributed by atoms with E-state index in [9.17, 15) is 0 Å². The van der Waals surface area contributed by atoms with Crippen molar-refractivity contribution in [1.29, 1.82) is 0 Å². The highest BCUT2D eigenvalue weighted by atomic mass is 15.1. The number of anilines is 6. The quantitative estimate of drug-likeness (QED) is 0.0589. The molecule has 2 nitrogen and oxygen atoms in total. The highest BCUT2D eigenvalue weighted by Gasteiger charge is 2.26. The zero-order chi connectivity index (χ0) is 51.2. The van der Waals surface area contributed by atoms with Crippen LogP contribution in [0.3, 0.4) is 0 Å². The minimum atomic E-state index is 1.00. The molecule has 0 saturated heterocycles. The fraction of sp³-hybridized carbons (Fsp3) is 0.233. The fourth-order valence-electron chi connectivity index (χ4n) is 11.4. The molecule has 0 fully saturated rings. The minimum absolute atomic E-state index is 1.00. The average molecular weight is 979 g/mol. The lowest BCUT2D eigenvalue weighted by Gasteiger charge is -2.31. The third-order valence-corrected chi connectivity index (χ3v) is 15.3. The SMILES string of the molecule is CCCCCCCCc1cc(N(c2ccccc2)c2ccc(-c3ccccc3)cc2)c2ccccc2c1-c1c(CCCCCCCC)cc(N(c2ccc(C)cc2)c2ccc(-c3ccccc3)cc2)c2ccccc12. The number of fused-ring (bicyclic) bond motifs is 2. The van der Waals surface area contributed by atoms with Gasteiger partial charge < -0.3 is 9.80 Å². The molecule has 10 aromatic rings. The summed E-state index contributed by atoms with van der Waals surface area (Å²) >= 11 is 0. The smallest absolute Gasteiger partial charge is 0.0543 e. The molecule has 0 unspecified atom stereocenters. The van der Waals surface area contributed by atoms with Gasteiger partial charge in [-0.3, -0.25) is 0 Å². The molecule has 0 aliphatic heterocycles. The number of aryl methyl sites for hydroxylation is 3. The predicted molar refractivity (Wildman–Crippen MR) is 326 cm³/mol. The highest BCUT2D eigenvalue weighted by molar-refractivity contribution is 6.15. The Morgan fingerprint density at radius 3 is 0.987 bits per heavy atom. The summed E-state index contributed by atoms with van der Waals surface area (Å²) in [5.41, 5.74) is 18.8. The molecular weight excluding hydrogens is 905 g/mol. The first kappa shape index (κ1) is 50.8. The second-order valence-corrected chi connectivity index (χ2v) is 20.7. The highest BCUT2D eigenvalue weighted by Crippen LogP contribution is 2.50. The molecule has 0 saturated carbocycles. The van der Waals surface area contributed by atoms with Crippen LogP contribution in [0, 0.1) is 6.92 Å². The summed E-state index contributed by atoms with van der Waals surface area (Å²) < 4.78 is 0. The number of unbranched alkanes of at least 4 members (excludes halogenated alkanes) is 10. The second kappa shape index (κ2) is 25.0. The second-order valence-electron chi connectivity index (χ2n) is 20.7. The molecule has 0 amide bonds. The van der Waals surface area contributed by atoms with Gasteiger partial charge in [-0.2, -0.15) is 0 Å². The van der Waals surface area contributed by atoms with Gasteiger partial charge in [-0.1, -0.05) is 247 Å². The van der Waals surface area contributed by atoms with Crippen LogP contribution < -0.4 is 9.80 Å². The van der Waals surface area contributed by atoms with Crippen LogP contribution in [0.2, 0.25) is 0 Å². The maximum absolute atomic E-state index is 2.59. The molecule has 0 heterocycles. The Morgan fingerprint density at radius 2 is 0.587 bits per heavy atom. The Bertz CT molecular complexity index is 3380. The van der Waals surface area contributed by atoms with Gasteiger partial charge in [0.1, 0.15) is 0 Å². The monoisotopic (exact) mass is 979 g/mol. The summed E-state index contributed by atoms with van der Waals surface area (Å²) in [5.74, 6) is 0. The van der Waals surface area contributed by atoms with Crippen molar-refractivity contribution in [2.24, 2.45) is 0 Å².